The van der Waals surface area contributed by atoms with E-state index < -0.39 is 0 Å². The molecule has 0 spiro atoms. The van der Waals surface area contributed by atoms with E-state index in [-0.39, 0.29) is 6.79 Å². The third kappa shape index (κ3) is 8.52. The number of unbranched alkanes of at least 4 members (excludes halogenated alkanes) is 8. The minimum absolute atomic E-state index is 0.204. The van der Waals surface area contributed by atoms with Gasteiger partial charge in [-0.2, -0.15) is 5.26 Å². The van der Waals surface area contributed by atoms with Crippen LogP contribution in [0.4, 0.5) is 0 Å². The average Bonchev–Trinajstić information content (AvgIpc) is 3.35. The second kappa shape index (κ2) is 15.0. The van der Waals surface area contributed by atoms with Crippen molar-refractivity contribution in [3.05, 3.63) is 47.5 Å². The number of benzene rings is 2. The third-order valence-electron chi connectivity index (χ3n) is 5.94. The molecule has 0 radical (unpaired) electrons. The van der Waals surface area contributed by atoms with Crippen molar-refractivity contribution in [2.24, 2.45) is 0 Å². The molecular formula is C29H37NO5. The molecule has 2 aromatic carbocycles. The van der Waals surface area contributed by atoms with Crippen molar-refractivity contribution in [1.29, 1.82) is 5.26 Å². The van der Waals surface area contributed by atoms with Crippen molar-refractivity contribution >= 4 is 11.6 Å². The molecule has 6 nitrogen and oxygen atoms in total. The first kappa shape index (κ1) is 26.4. The van der Waals surface area contributed by atoms with E-state index in [1.807, 2.05) is 49.4 Å². The first-order valence-electron chi connectivity index (χ1n) is 12.8. The molecule has 0 saturated heterocycles. The second-order valence-electron chi connectivity index (χ2n) is 8.63. The number of nitriles is 1. The Morgan fingerprint density at radius 1 is 0.886 bits per heavy atom. The highest BCUT2D eigenvalue weighted by Gasteiger charge is 2.15. The molecule has 1 heterocycles. The Morgan fingerprint density at radius 2 is 1.60 bits per heavy atom. The number of rotatable bonds is 16. The number of hydrogen-bond donors (Lipinski definition) is 1. The van der Waals surface area contributed by atoms with Crippen LogP contribution in [0.2, 0.25) is 0 Å². The maximum atomic E-state index is 9.73. The van der Waals surface area contributed by atoms with E-state index in [0.29, 0.717) is 42.6 Å². The molecule has 0 atom stereocenters. The van der Waals surface area contributed by atoms with Gasteiger partial charge in [-0.05, 0) is 67.3 Å². The molecule has 0 fully saturated rings. The van der Waals surface area contributed by atoms with Gasteiger partial charge < -0.3 is 24.1 Å². The summed E-state index contributed by atoms with van der Waals surface area (Å²) in [7, 11) is 0. The van der Waals surface area contributed by atoms with Gasteiger partial charge in [-0.3, -0.25) is 0 Å². The lowest BCUT2D eigenvalue weighted by atomic mass is 10.0. The van der Waals surface area contributed by atoms with Crippen LogP contribution in [-0.2, 0) is 0 Å². The Labute approximate surface area is 209 Å². The molecule has 2 aromatic rings. The lowest BCUT2D eigenvalue weighted by Gasteiger charge is -2.13. The summed E-state index contributed by atoms with van der Waals surface area (Å²) in [6, 6.07) is 13.6. The summed E-state index contributed by atoms with van der Waals surface area (Å²) in [5.41, 5.74) is 2.18. The summed E-state index contributed by atoms with van der Waals surface area (Å²) in [6.07, 6.45) is 12.3. The van der Waals surface area contributed by atoms with Crippen molar-refractivity contribution in [2.75, 3.05) is 26.6 Å². The normalized spacial score (nSPS) is 12.4. The summed E-state index contributed by atoms with van der Waals surface area (Å²) < 4.78 is 22.6. The molecule has 1 aliphatic heterocycles. The van der Waals surface area contributed by atoms with Gasteiger partial charge in [0.15, 0.2) is 23.0 Å². The van der Waals surface area contributed by atoms with Crippen LogP contribution < -0.4 is 18.9 Å². The van der Waals surface area contributed by atoms with Crippen molar-refractivity contribution in [3.63, 3.8) is 0 Å². The van der Waals surface area contributed by atoms with E-state index in [2.05, 4.69) is 6.07 Å². The molecule has 0 saturated carbocycles. The Bertz CT molecular complexity index is 995. The predicted molar refractivity (Wildman–Crippen MR) is 138 cm³/mol. The topological polar surface area (TPSA) is 80.9 Å². The minimum Gasteiger partial charge on any atom is -0.490 e. The molecule has 0 aromatic heterocycles. The number of allylic oxidation sites excluding steroid dienone is 1. The van der Waals surface area contributed by atoms with E-state index in [9.17, 15) is 5.26 Å². The van der Waals surface area contributed by atoms with Crippen LogP contribution >= 0.6 is 0 Å². The lowest BCUT2D eigenvalue weighted by molar-refractivity contribution is 0.174. The van der Waals surface area contributed by atoms with Crippen molar-refractivity contribution < 1.29 is 24.1 Å². The zero-order valence-electron chi connectivity index (χ0n) is 20.8. The Morgan fingerprint density at radius 3 is 2.31 bits per heavy atom. The average molecular weight is 480 g/mol. The maximum absolute atomic E-state index is 9.73. The monoisotopic (exact) mass is 479 g/mol. The number of fused-ring (bicyclic) bond motifs is 1. The Balaban J connectivity index is 1.50. The van der Waals surface area contributed by atoms with Crippen LogP contribution in [0.15, 0.2) is 36.4 Å². The molecular weight excluding hydrogens is 442 g/mol. The van der Waals surface area contributed by atoms with Crippen molar-refractivity contribution in [3.8, 4) is 29.1 Å². The van der Waals surface area contributed by atoms with Gasteiger partial charge in [0.2, 0.25) is 6.79 Å². The molecule has 35 heavy (non-hydrogen) atoms. The Hall–Kier alpha value is -3.17. The van der Waals surface area contributed by atoms with Gasteiger partial charge in [0.25, 0.3) is 0 Å². The van der Waals surface area contributed by atoms with Gasteiger partial charge in [-0.15, -0.1) is 0 Å². The predicted octanol–water partition coefficient (Wildman–Crippen LogP) is 6.76. The maximum Gasteiger partial charge on any atom is 0.231 e. The zero-order chi connectivity index (χ0) is 24.7. The van der Waals surface area contributed by atoms with Crippen LogP contribution in [0.3, 0.4) is 0 Å². The zero-order valence-corrected chi connectivity index (χ0v) is 20.8. The molecule has 1 N–H and O–H groups in total. The molecule has 6 heteroatoms. The van der Waals surface area contributed by atoms with E-state index >= 15 is 0 Å². The summed E-state index contributed by atoms with van der Waals surface area (Å²) in [6.45, 7) is 3.66. The van der Waals surface area contributed by atoms with E-state index in [0.717, 1.165) is 42.6 Å². The summed E-state index contributed by atoms with van der Waals surface area (Å²) in [4.78, 5) is 0. The van der Waals surface area contributed by atoms with Gasteiger partial charge in [-0.1, -0.05) is 51.0 Å². The summed E-state index contributed by atoms with van der Waals surface area (Å²) in [5.74, 6) is 2.77. The molecule has 0 aliphatic carbocycles. The van der Waals surface area contributed by atoms with Crippen LogP contribution in [0, 0.1) is 11.3 Å². The first-order valence-corrected chi connectivity index (χ1v) is 12.8. The van der Waals surface area contributed by atoms with Gasteiger partial charge in [-0.25, -0.2) is 0 Å². The third-order valence-corrected chi connectivity index (χ3v) is 5.94. The van der Waals surface area contributed by atoms with Gasteiger partial charge in [0.1, 0.15) is 0 Å². The standard InChI is InChI=1S/C29H37NO5/c1-2-32-28-19-23(18-25(21-30)24-13-15-27-29(20-24)35-22-34-27)12-14-26(28)33-17-11-9-7-5-3-4-6-8-10-16-31/h12-15,18-20,31H,2-11,16-17,22H2,1H3. The highest BCUT2D eigenvalue weighted by atomic mass is 16.7. The second-order valence-corrected chi connectivity index (χ2v) is 8.63. The largest absolute Gasteiger partial charge is 0.490 e. The molecule has 0 amide bonds. The molecule has 188 valence electrons. The van der Waals surface area contributed by atoms with Crippen LogP contribution in [0.1, 0.15) is 75.8 Å². The highest BCUT2D eigenvalue weighted by Crippen LogP contribution is 2.35. The fraction of sp³-hybridized carbons (Fsp3) is 0.483. The number of hydrogen-bond acceptors (Lipinski definition) is 6. The van der Waals surface area contributed by atoms with E-state index in [1.54, 1.807) is 0 Å². The summed E-state index contributed by atoms with van der Waals surface area (Å²) >= 11 is 0. The van der Waals surface area contributed by atoms with E-state index in [1.165, 1.54) is 32.1 Å². The Kier molecular flexibility index (Phi) is 11.3. The number of nitrogens with zero attached hydrogens (tertiary/aromatic N) is 1. The fourth-order valence-electron chi connectivity index (χ4n) is 4.05. The van der Waals surface area contributed by atoms with Gasteiger partial charge in [0, 0.05) is 6.61 Å². The van der Waals surface area contributed by atoms with Crippen LogP contribution in [-0.4, -0.2) is 31.7 Å². The van der Waals surface area contributed by atoms with Crippen LogP contribution in [0.5, 0.6) is 23.0 Å². The molecule has 0 bridgehead atoms. The SMILES string of the molecule is CCOc1cc(C=C(C#N)c2ccc3c(c2)OCO3)ccc1OCCCCCCCCCCCO. The number of aliphatic hydroxyl groups excluding tert-OH is 1. The number of aliphatic hydroxyl groups is 1. The van der Waals surface area contributed by atoms with Gasteiger partial charge in [0.05, 0.1) is 24.9 Å². The van der Waals surface area contributed by atoms with Crippen molar-refractivity contribution in [2.45, 2.75) is 64.7 Å². The molecule has 0 unspecified atom stereocenters. The van der Waals surface area contributed by atoms with Crippen LogP contribution in [0.25, 0.3) is 11.6 Å². The number of ether oxygens (including phenoxy) is 4. The quantitative estimate of drug-likeness (QED) is 0.163. The summed E-state index contributed by atoms with van der Waals surface area (Å²) in [5, 5.41) is 18.5. The van der Waals surface area contributed by atoms with Crippen molar-refractivity contribution in [1.82, 2.24) is 0 Å². The first-order chi connectivity index (χ1) is 17.2. The van der Waals surface area contributed by atoms with Gasteiger partial charge >= 0.3 is 0 Å². The van der Waals surface area contributed by atoms with E-state index in [4.69, 9.17) is 24.1 Å². The lowest BCUT2D eigenvalue weighted by Crippen LogP contribution is -2.01. The highest BCUT2D eigenvalue weighted by molar-refractivity contribution is 5.90. The molecule has 1 aliphatic rings. The smallest absolute Gasteiger partial charge is 0.231 e. The molecule has 3 rings (SSSR count). The minimum atomic E-state index is 0.204. The fourth-order valence-corrected chi connectivity index (χ4v) is 4.05.